The number of hydrogen-bond acceptors (Lipinski definition) is 2. The van der Waals surface area contributed by atoms with Crippen LogP contribution in [0.1, 0.15) is 36.1 Å². The van der Waals surface area contributed by atoms with Crippen LogP contribution in [-0.2, 0) is 0 Å². The minimum atomic E-state index is 0.295. The molecule has 2 nitrogen and oxygen atoms in total. The summed E-state index contributed by atoms with van der Waals surface area (Å²) in [6.45, 7) is 8.10. The summed E-state index contributed by atoms with van der Waals surface area (Å²) in [4.78, 5) is 0. The topological polar surface area (TPSA) is 38.0 Å². The number of rotatable bonds is 5. The summed E-state index contributed by atoms with van der Waals surface area (Å²) >= 11 is 0. The largest absolute Gasteiger partial charge is 0.329 e. The van der Waals surface area contributed by atoms with Gasteiger partial charge in [0.15, 0.2) is 0 Å². The van der Waals surface area contributed by atoms with E-state index in [2.05, 4.69) is 44.3 Å². The molecular formula is C13H22N2. The van der Waals surface area contributed by atoms with Crippen LogP contribution in [0.4, 0.5) is 0 Å². The van der Waals surface area contributed by atoms with E-state index < -0.39 is 0 Å². The Labute approximate surface area is 92.9 Å². The van der Waals surface area contributed by atoms with E-state index >= 15 is 0 Å². The van der Waals surface area contributed by atoms with Crippen LogP contribution < -0.4 is 11.1 Å². The summed E-state index contributed by atoms with van der Waals surface area (Å²) in [6, 6.07) is 6.92. The van der Waals surface area contributed by atoms with E-state index in [1.807, 2.05) is 0 Å². The Kier molecular flexibility index (Phi) is 4.79. The Morgan fingerprint density at radius 2 is 1.80 bits per heavy atom. The molecule has 0 spiro atoms. The van der Waals surface area contributed by atoms with Gasteiger partial charge in [0.2, 0.25) is 0 Å². The average Bonchev–Trinajstić information content (AvgIpc) is 2.17. The predicted octanol–water partition coefficient (Wildman–Crippen LogP) is 2.30. The fourth-order valence-corrected chi connectivity index (χ4v) is 1.87. The van der Waals surface area contributed by atoms with Crippen molar-refractivity contribution in [2.45, 2.75) is 33.2 Å². The van der Waals surface area contributed by atoms with Crippen molar-refractivity contribution in [3.63, 3.8) is 0 Å². The van der Waals surface area contributed by atoms with Gasteiger partial charge in [-0.05, 0) is 32.4 Å². The summed E-state index contributed by atoms with van der Waals surface area (Å²) in [6.07, 6.45) is 1.14. The van der Waals surface area contributed by atoms with Crippen LogP contribution in [-0.4, -0.2) is 13.1 Å². The fraction of sp³-hybridized carbons (Fsp3) is 0.538. The Morgan fingerprint density at radius 1 is 1.20 bits per heavy atom. The Balaban J connectivity index is 2.81. The highest BCUT2D eigenvalue weighted by Gasteiger charge is 2.08. The molecule has 0 aliphatic rings. The molecule has 0 aliphatic heterocycles. The van der Waals surface area contributed by atoms with Gasteiger partial charge < -0.3 is 11.1 Å². The van der Waals surface area contributed by atoms with E-state index in [-0.39, 0.29) is 0 Å². The highest BCUT2D eigenvalue weighted by molar-refractivity contribution is 5.30. The van der Waals surface area contributed by atoms with Crippen LogP contribution in [0.5, 0.6) is 0 Å². The Bertz CT molecular complexity index is 287. The van der Waals surface area contributed by atoms with E-state index in [0.717, 1.165) is 13.0 Å². The van der Waals surface area contributed by atoms with Gasteiger partial charge in [0.25, 0.3) is 0 Å². The molecule has 1 aromatic rings. The predicted molar refractivity (Wildman–Crippen MR) is 66.0 cm³/mol. The number of benzene rings is 1. The molecule has 84 valence electrons. The van der Waals surface area contributed by atoms with Crippen molar-refractivity contribution in [1.82, 2.24) is 5.32 Å². The molecule has 15 heavy (non-hydrogen) atoms. The lowest BCUT2D eigenvalue weighted by atomic mass is 10.0. The van der Waals surface area contributed by atoms with Crippen LogP contribution in [0.15, 0.2) is 18.2 Å². The van der Waals surface area contributed by atoms with Gasteiger partial charge in [-0.2, -0.15) is 0 Å². The lowest BCUT2D eigenvalue weighted by Crippen LogP contribution is -2.28. The van der Waals surface area contributed by atoms with Crippen molar-refractivity contribution in [3.8, 4) is 0 Å². The summed E-state index contributed by atoms with van der Waals surface area (Å²) in [5.74, 6) is 0. The van der Waals surface area contributed by atoms with E-state index in [1.165, 1.54) is 16.7 Å². The second-order valence-corrected chi connectivity index (χ2v) is 4.16. The monoisotopic (exact) mass is 206 g/mol. The summed E-state index contributed by atoms with van der Waals surface area (Å²) in [7, 11) is 0. The standard InChI is InChI=1S/C13H22N2/c1-4-5-15-13(9-14)12-7-10(2)6-11(3)8-12/h6-8,13,15H,4-5,9,14H2,1-3H3. The maximum Gasteiger partial charge on any atom is 0.0444 e. The molecule has 0 aromatic heterocycles. The van der Waals surface area contributed by atoms with E-state index in [4.69, 9.17) is 5.73 Å². The lowest BCUT2D eigenvalue weighted by molar-refractivity contribution is 0.539. The number of hydrogen-bond donors (Lipinski definition) is 2. The Hall–Kier alpha value is -0.860. The van der Waals surface area contributed by atoms with Gasteiger partial charge >= 0.3 is 0 Å². The second kappa shape index (κ2) is 5.89. The van der Waals surface area contributed by atoms with Gasteiger partial charge in [0, 0.05) is 12.6 Å². The smallest absolute Gasteiger partial charge is 0.0444 e. The molecule has 2 heteroatoms. The van der Waals surface area contributed by atoms with Gasteiger partial charge in [-0.25, -0.2) is 0 Å². The first kappa shape index (κ1) is 12.2. The molecule has 0 radical (unpaired) electrons. The molecule has 0 saturated carbocycles. The lowest BCUT2D eigenvalue weighted by Gasteiger charge is -2.18. The molecule has 1 atom stereocenters. The quantitative estimate of drug-likeness (QED) is 0.776. The molecule has 0 saturated heterocycles. The van der Waals surface area contributed by atoms with Crippen LogP contribution in [0, 0.1) is 13.8 Å². The zero-order valence-electron chi connectivity index (χ0n) is 10.0. The molecule has 0 amide bonds. The summed E-state index contributed by atoms with van der Waals surface area (Å²) < 4.78 is 0. The van der Waals surface area contributed by atoms with Gasteiger partial charge in [0.1, 0.15) is 0 Å². The molecular weight excluding hydrogens is 184 g/mol. The number of aryl methyl sites for hydroxylation is 2. The highest BCUT2D eigenvalue weighted by atomic mass is 14.9. The second-order valence-electron chi connectivity index (χ2n) is 4.16. The van der Waals surface area contributed by atoms with E-state index in [0.29, 0.717) is 12.6 Å². The average molecular weight is 206 g/mol. The minimum Gasteiger partial charge on any atom is -0.329 e. The summed E-state index contributed by atoms with van der Waals surface area (Å²) in [5, 5.41) is 3.46. The number of nitrogens with two attached hydrogens (primary N) is 1. The van der Waals surface area contributed by atoms with Gasteiger partial charge in [-0.3, -0.25) is 0 Å². The van der Waals surface area contributed by atoms with Crippen molar-refractivity contribution in [3.05, 3.63) is 34.9 Å². The van der Waals surface area contributed by atoms with Crippen LogP contribution in [0.25, 0.3) is 0 Å². The van der Waals surface area contributed by atoms with Crippen LogP contribution >= 0.6 is 0 Å². The first-order valence-electron chi connectivity index (χ1n) is 5.69. The van der Waals surface area contributed by atoms with Crippen molar-refractivity contribution < 1.29 is 0 Å². The summed E-state index contributed by atoms with van der Waals surface area (Å²) in [5.41, 5.74) is 9.71. The third kappa shape index (κ3) is 3.65. The molecule has 1 rings (SSSR count). The molecule has 3 N–H and O–H groups in total. The Morgan fingerprint density at radius 3 is 2.27 bits per heavy atom. The minimum absolute atomic E-state index is 0.295. The fourth-order valence-electron chi connectivity index (χ4n) is 1.87. The zero-order chi connectivity index (χ0) is 11.3. The third-order valence-electron chi connectivity index (χ3n) is 2.52. The van der Waals surface area contributed by atoms with Crippen LogP contribution in [0.2, 0.25) is 0 Å². The maximum atomic E-state index is 5.78. The van der Waals surface area contributed by atoms with Gasteiger partial charge in [-0.15, -0.1) is 0 Å². The van der Waals surface area contributed by atoms with Crippen molar-refractivity contribution >= 4 is 0 Å². The molecule has 1 unspecified atom stereocenters. The van der Waals surface area contributed by atoms with Gasteiger partial charge in [-0.1, -0.05) is 36.2 Å². The van der Waals surface area contributed by atoms with Gasteiger partial charge in [0.05, 0.1) is 0 Å². The van der Waals surface area contributed by atoms with Crippen molar-refractivity contribution in [2.24, 2.45) is 5.73 Å². The van der Waals surface area contributed by atoms with Crippen LogP contribution in [0.3, 0.4) is 0 Å². The highest BCUT2D eigenvalue weighted by Crippen LogP contribution is 2.16. The number of nitrogens with one attached hydrogen (secondary N) is 1. The zero-order valence-corrected chi connectivity index (χ0v) is 10.0. The maximum absolute atomic E-state index is 5.78. The van der Waals surface area contributed by atoms with E-state index in [1.54, 1.807) is 0 Å². The molecule has 0 aliphatic carbocycles. The molecule has 0 bridgehead atoms. The first-order valence-corrected chi connectivity index (χ1v) is 5.69. The molecule has 0 fully saturated rings. The normalized spacial score (nSPS) is 12.8. The molecule has 0 heterocycles. The van der Waals surface area contributed by atoms with Crippen molar-refractivity contribution in [1.29, 1.82) is 0 Å². The first-order chi connectivity index (χ1) is 7.17. The van der Waals surface area contributed by atoms with E-state index in [9.17, 15) is 0 Å². The molecule has 1 aromatic carbocycles. The van der Waals surface area contributed by atoms with Crippen molar-refractivity contribution in [2.75, 3.05) is 13.1 Å². The SMILES string of the molecule is CCCNC(CN)c1cc(C)cc(C)c1. The third-order valence-corrected chi connectivity index (χ3v) is 2.52.